The van der Waals surface area contributed by atoms with Gasteiger partial charge < -0.3 is 15.4 Å². The van der Waals surface area contributed by atoms with Crippen LogP contribution in [0.15, 0.2) is 36.5 Å². The average molecular weight is 313 g/mol. The van der Waals surface area contributed by atoms with Crippen molar-refractivity contribution in [3.63, 3.8) is 0 Å². The number of fused-ring (bicyclic) bond motifs is 1. The molecule has 0 atom stereocenters. The molecule has 3 rings (SSSR count). The summed E-state index contributed by atoms with van der Waals surface area (Å²) in [5.41, 5.74) is 8.09. The van der Waals surface area contributed by atoms with Crippen LogP contribution < -0.4 is 15.4 Å². The number of hydrogen-bond acceptors (Lipinski definition) is 4. The lowest BCUT2D eigenvalue weighted by atomic mass is 10.1. The van der Waals surface area contributed by atoms with Gasteiger partial charge in [-0.05, 0) is 24.1 Å². The summed E-state index contributed by atoms with van der Waals surface area (Å²) >= 11 is 0. The second kappa shape index (κ2) is 6.28. The molecular weight excluding hydrogens is 293 g/mol. The number of benzene rings is 1. The Hall–Kier alpha value is -2.56. The van der Waals surface area contributed by atoms with Gasteiger partial charge in [-0.25, -0.2) is 9.37 Å². The molecule has 0 aliphatic carbocycles. The van der Waals surface area contributed by atoms with Gasteiger partial charge in [0.25, 0.3) is 0 Å². The normalized spacial score (nSPS) is 13.3. The van der Waals surface area contributed by atoms with Crippen molar-refractivity contribution >= 4 is 17.6 Å². The van der Waals surface area contributed by atoms with Crippen LogP contribution in [0, 0.1) is 11.7 Å². The molecule has 5 heteroatoms. The Balaban J connectivity index is 1.94. The van der Waals surface area contributed by atoms with Crippen molar-refractivity contribution in [3.05, 3.63) is 53.6 Å². The lowest BCUT2D eigenvalue weighted by molar-refractivity contribution is 0.268. The van der Waals surface area contributed by atoms with Crippen LogP contribution in [0.1, 0.15) is 25.1 Å². The maximum atomic E-state index is 14.0. The van der Waals surface area contributed by atoms with E-state index in [0.717, 1.165) is 11.3 Å². The first-order valence-corrected chi connectivity index (χ1v) is 7.66. The first-order valence-electron chi connectivity index (χ1n) is 7.66. The topological polar surface area (TPSA) is 51.4 Å². The van der Waals surface area contributed by atoms with Crippen molar-refractivity contribution in [2.24, 2.45) is 5.92 Å². The second-order valence-corrected chi connectivity index (χ2v) is 6.01. The van der Waals surface area contributed by atoms with Crippen molar-refractivity contribution in [3.8, 4) is 5.75 Å². The quantitative estimate of drug-likeness (QED) is 0.932. The number of nitrogens with zero attached hydrogens (tertiary/aromatic N) is 2. The summed E-state index contributed by atoms with van der Waals surface area (Å²) in [5, 5.41) is 0. The van der Waals surface area contributed by atoms with Crippen molar-refractivity contribution in [2.45, 2.75) is 20.4 Å². The Morgan fingerprint density at radius 2 is 2.13 bits per heavy atom. The molecule has 0 bridgehead atoms. The number of para-hydroxylation sites is 1. The Morgan fingerprint density at radius 3 is 2.87 bits per heavy atom. The van der Waals surface area contributed by atoms with Crippen LogP contribution in [0.4, 0.5) is 15.9 Å². The molecule has 4 nitrogen and oxygen atoms in total. The zero-order valence-electron chi connectivity index (χ0n) is 13.3. The third-order valence-corrected chi connectivity index (χ3v) is 3.61. The zero-order chi connectivity index (χ0) is 16.4. The number of nitrogens with two attached hydrogens (primary N) is 1. The van der Waals surface area contributed by atoms with Crippen LogP contribution in [0.2, 0.25) is 0 Å². The maximum absolute atomic E-state index is 14.0. The molecule has 0 saturated heterocycles. The molecule has 1 aromatic heterocycles. The van der Waals surface area contributed by atoms with E-state index in [1.807, 2.05) is 23.2 Å². The molecule has 0 fully saturated rings. The molecular formula is C18H20FN3O. The summed E-state index contributed by atoms with van der Waals surface area (Å²) < 4.78 is 19.9. The van der Waals surface area contributed by atoms with E-state index in [1.165, 1.54) is 6.07 Å². The van der Waals surface area contributed by atoms with E-state index >= 15 is 0 Å². The summed E-state index contributed by atoms with van der Waals surface area (Å²) in [5.74, 6) is 1.29. The third kappa shape index (κ3) is 3.28. The van der Waals surface area contributed by atoms with Gasteiger partial charge in [0.15, 0.2) is 0 Å². The van der Waals surface area contributed by atoms with Gasteiger partial charge in [-0.1, -0.05) is 26.0 Å². The summed E-state index contributed by atoms with van der Waals surface area (Å²) in [4.78, 5) is 6.19. The van der Waals surface area contributed by atoms with Crippen molar-refractivity contribution in [1.82, 2.24) is 4.98 Å². The Morgan fingerprint density at radius 1 is 1.35 bits per heavy atom. The molecule has 23 heavy (non-hydrogen) atoms. The van der Waals surface area contributed by atoms with Crippen LogP contribution in [0.3, 0.4) is 0 Å². The van der Waals surface area contributed by atoms with E-state index in [2.05, 4.69) is 18.8 Å². The Kier molecular flexibility index (Phi) is 4.19. The molecule has 2 N–H and O–H groups in total. The molecule has 0 spiro atoms. The van der Waals surface area contributed by atoms with Gasteiger partial charge in [0.2, 0.25) is 0 Å². The number of ether oxygens (including phenoxy) is 1. The van der Waals surface area contributed by atoms with Gasteiger partial charge in [0.1, 0.15) is 17.4 Å². The van der Waals surface area contributed by atoms with Gasteiger partial charge in [-0.15, -0.1) is 0 Å². The van der Waals surface area contributed by atoms with E-state index < -0.39 is 0 Å². The van der Waals surface area contributed by atoms with Crippen molar-refractivity contribution in [1.29, 1.82) is 0 Å². The van der Waals surface area contributed by atoms with Gasteiger partial charge in [0, 0.05) is 17.8 Å². The molecule has 1 aliphatic rings. The second-order valence-electron chi connectivity index (χ2n) is 6.01. The summed E-state index contributed by atoms with van der Waals surface area (Å²) in [6, 6.07) is 8.44. The van der Waals surface area contributed by atoms with E-state index in [9.17, 15) is 4.39 Å². The number of hydrogen-bond donors (Lipinski definition) is 1. The van der Waals surface area contributed by atoms with Crippen LogP contribution in [-0.4, -0.2) is 11.6 Å². The predicted octanol–water partition coefficient (Wildman–Crippen LogP) is 3.83. The molecule has 1 aromatic carbocycles. The van der Waals surface area contributed by atoms with E-state index in [1.54, 1.807) is 18.2 Å². The standard InChI is InChI=1S/C18H20FN3O/c1-12(2)11-23-17-9-18(20)21-15-7-8-22(10-13(15)17)16-6-4-3-5-14(16)19/h3-9,12H,10-11H2,1-2H3,(H2,20,21). The number of rotatable bonds is 4. The largest absolute Gasteiger partial charge is 0.493 e. The van der Waals surface area contributed by atoms with Crippen LogP contribution >= 0.6 is 0 Å². The minimum Gasteiger partial charge on any atom is -0.493 e. The minimum atomic E-state index is -0.256. The van der Waals surface area contributed by atoms with Gasteiger partial charge in [0.05, 0.1) is 24.5 Å². The monoisotopic (exact) mass is 313 g/mol. The average Bonchev–Trinajstić information content (AvgIpc) is 2.52. The summed E-state index contributed by atoms with van der Waals surface area (Å²) in [7, 11) is 0. The van der Waals surface area contributed by atoms with Crippen molar-refractivity contribution < 1.29 is 9.13 Å². The smallest absolute Gasteiger partial charge is 0.146 e. The van der Waals surface area contributed by atoms with E-state index in [4.69, 9.17) is 10.5 Å². The molecule has 0 amide bonds. The fourth-order valence-corrected chi connectivity index (χ4v) is 2.50. The molecule has 0 saturated carbocycles. The Labute approximate surface area is 135 Å². The molecule has 120 valence electrons. The number of halogens is 1. The molecule has 0 unspecified atom stereocenters. The summed E-state index contributed by atoms with van der Waals surface area (Å²) in [6.07, 6.45) is 3.66. The van der Waals surface area contributed by atoms with Crippen molar-refractivity contribution in [2.75, 3.05) is 17.2 Å². The van der Waals surface area contributed by atoms with E-state index in [-0.39, 0.29) is 5.82 Å². The van der Waals surface area contributed by atoms with Crippen LogP contribution in [-0.2, 0) is 6.54 Å². The molecule has 0 radical (unpaired) electrons. The predicted molar refractivity (Wildman–Crippen MR) is 90.6 cm³/mol. The number of anilines is 2. The maximum Gasteiger partial charge on any atom is 0.146 e. The lowest BCUT2D eigenvalue weighted by Gasteiger charge is -2.27. The highest BCUT2D eigenvalue weighted by Crippen LogP contribution is 2.32. The highest BCUT2D eigenvalue weighted by atomic mass is 19.1. The minimum absolute atomic E-state index is 0.256. The molecule has 2 aromatic rings. The zero-order valence-corrected chi connectivity index (χ0v) is 13.3. The first kappa shape index (κ1) is 15.3. The molecule has 1 aliphatic heterocycles. The Bertz CT molecular complexity index is 743. The first-order chi connectivity index (χ1) is 11.0. The van der Waals surface area contributed by atoms with Gasteiger partial charge in [-0.3, -0.25) is 0 Å². The summed E-state index contributed by atoms with van der Waals surface area (Å²) in [6.45, 7) is 5.26. The van der Waals surface area contributed by atoms with Crippen LogP contribution in [0.25, 0.3) is 6.08 Å². The lowest BCUT2D eigenvalue weighted by Crippen LogP contribution is -2.22. The number of nitrogen functional groups attached to an aromatic ring is 1. The highest BCUT2D eigenvalue weighted by Gasteiger charge is 2.20. The van der Waals surface area contributed by atoms with Crippen LogP contribution in [0.5, 0.6) is 5.75 Å². The third-order valence-electron chi connectivity index (χ3n) is 3.61. The molecule has 2 heterocycles. The van der Waals surface area contributed by atoms with Gasteiger partial charge in [-0.2, -0.15) is 0 Å². The SMILES string of the molecule is CC(C)COc1cc(N)nc2c1CN(c1ccccc1F)C=C2. The number of pyridine rings is 1. The van der Waals surface area contributed by atoms with Gasteiger partial charge >= 0.3 is 0 Å². The highest BCUT2D eigenvalue weighted by molar-refractivity contribution is 5.66. The number of aromatic nitrogens is 1. The fourth-order valence-electron chi connectivity index (χ4n) is 2.50. The van der Waals surface area contributed by atoms with E-state index in [0.29, 0.717) is 36.3 Å². The fraction of sp³-hybridized carbons (Fsp3) is 0.278.